The number of halogens is 3. The molecule has 1 unspecified atom stereocenters. The second kappa shape index (κ2) is 9.78. The van der Waals surface area contributed by atoms with E-state index in [1.54, 1.807) is 6.92 Å². The lowest BCUT2D eigenvalue weighted by Gasteiger charge is -2.28. The molecule has 3 aromatic rings. The Hall–Kier alpha value is -4.25. The van der Waals surface area contributed by atoms with Gasteiger partial charge in [0, 0.05) is 28.6 Å². The van der Waals surface area contributed by atoms with E-state index < -0.39 is 29.5 Å². The Kier molecular flexibility index (Phi) is 6.75. The van der Waals surface area contributed by atoms with E-state index in [2.05, 4.69) is 15.3 Å². The summed E-state index contributed by atoms with van der Waals surface area (Å²) in [5.74, 6) is -1.97. The normalized spacial score (nSPS) is 16.2. The van der Waals surface area contributed by atoms with Gasteiger partial charge in [-0.3, -0.25) is 14.6 Å². The van der Waals surface area contributed by atoms with E-state index in [0.717, 1.165) is 12.1 Å². The Morgan fingerprint density at radius 2 is 1.94 bits per heavy atom. The Labute approximate surface area is 203 Å². The van der Waals surface area contributed by atoms with E-state index in [-0.39, 0.29) is 30.2 Å². The highest BCUT2D eigenvalue weighted by atomic mass is 19.4. The van der Waals surface area contributed by atoms with Crippen LogP contribution >= 0.6 is 0 Å². The van der Waals surface area contributed by atoms with Crippen LogP contribution in [0.15, 0.2) is 59.7 Å². The van der Waals surface area contributed by atoms with Gasteiger partial charge in [-0.2, -0.15) is 13.2 Å². The van der Waals surface area contributed by atoms with Crippen LogP contribution in [0.2, 0.25) is 0 Å². The number of aryl methyl sites for hydroxylation is 1. The molecular weight excluding hydrogens is 477 g/mol. The summed E-state index contributed by atoms with van der Waals surface area (Å²) in [5, 5.41) is 12.3. The Morgan fingerprint density at radius 3 is 2.58 bits per heavy atom. The molecule has 2 amide bonds. The molecule has 2 aromatic carbocycles. The van der Waals surface area contributed by atoms with Crippen LogP contribution < -0.4 is 15.8 Å². The Morgan fingerprint density at radius 1 is 1.22 bits per heavy atom. The van der Waals surface area contributed by atoms with Crippen LogP contribution in [0.1, 0.15) is 32.7 Å². The van der Waals surface area contributed by atoms with Crippen LogP contribution in [-0.4, -0.2) is 27.8 Å². The van der Waals surface area contributed by atoms with Gasteiger partial charge in [-0.05, 0) is 55.8 Å². The number of benzene rings is 2. The number of aliphatic hydroxyl groups excluding tert-OH is 1. The first-order valence-electron chi connectivity index (χ1n) is 10.8. The summed E-state index contributed by atoms with van der Waals surface area (Å²) in [7, 11) is 0. The number of rotatable bonds is 5. The van der Waals surface area contributed by atoms with Gasteiger partial charge in [0.1, 0.15) is 5.92 Å². The number of hydrogen-bond acceptors (Lipinski definition) is 6. The number of carbonyl (C=O) groups excluding carboxylic acids is 2. The molecule has 0 spiro atoms. The van der Waals surface area contributed by atoms with Crippen molar-refractivity contribution < 1.29 is 32.6 Å². The minimum absolute atomic E-state index is 0.0150. The van der Waals surface area contributed by atoms with E-state index in [4.69, 9.17) is 10.5 Å². The number of anilines is 1. The molecule has 0 saturated carbocycles. The number of amides is 2. The molecule has 1 aromatic heterocycles. The van der Waals surface area contributed by atoms with Crippen molar-refractivity contribution in [2.75, 3.05) is 5.32 Å². The number of nitrogens with zero attached hydrogens (tertiary/aromatic N) is 2. The fourth-order valence-corrected chi connectivity index (χ4v) is 3.77. The molecule has 4 rings (SSSR count). The minimum Gasteiger partial charge on any atom is -0.440 e. The monoisotopic (exact) mass is 498 g/mol. The second-order valence-corrected chi connectivity index (χ2v) is 8.12. The van der Waals surface area contributed by atoms with E-state index in [0.29, 0.717) is 28.3 Å². The first kappa shape index (κ1) is 24.9. The molecule has 0 saturated heterocycles. The average molecular weight is 498 g/mol. The summed E-state index contributed by atoms with van der Waals surface area (Å²) < 4.78 is 45.3. The van der Waals surface area contributed by atoms with E-state index in [1.807, 2.05) is 0 Å². The van der Waals surface area contributed by atoms with Crippen LogP contribution in [0, 0.1) is 12.8 Å². The first-order chi connectivity index (χ1) is 17.1. The highest BCUT2D eigenvalue weighted by Gasteiger charge is 2.36. The summed E-state index contributed by atoms with van der Waals surface area (Å²) in [5.41, 5.74) is 6.46. The first-order valence-corrected chi connectivity index (χ1v) is 10.8. The molecule has 0 bridgehead atoms. The van der Waals surface area contributed by atoms with Crippen molar-refractivity contribution in [1.29, 1.82) is 0 Å². The van der Waals surface area contributed by atoms with Crippen LogP contribution in [-0.2, 0) is 24.0 Å². The molecule has 186 valence electrons. The van der Waals surface area contributed by atoms with Crippen LogP contribution in [0.3, 0.4) is 0 Å². The van der Waals surface area contributed by atoms with Crippen molar-refractivity contribution in [3.8, 4) is 5.75 Å². The number of carbonyl (C=O) groups is 2. The maximum absolute atomic E-state index is 13.3. The summed E-state index contributed by atoms with van der Waals surface area (Å²) >= 11 is 0. The maximum Gasteiger partial charge on any atom is 0.416 e. The zero-order valence-corrected chi connectivity index (χ0v) is 19.0. The molecule has 1 aliphatic heterocycles. The molecule has 1 atom stereocenters. The number of nitrogens with two attached hydrogens (primary N) is 1. The number of ether oxygens (including phenoxy) is 1. The molecule has 11 heteroatoms. The zero-order chi connectivity index (χ0) is 26.0. The number of aliphatic imine (C=N–C) groups is 1. The number of nitrogens with one attached hydrogen (secondary N) is 1. The van der Waals surface area contributed by atoms with Gasteiger partial charge >= 0.3 is 6.18 Å². The molecular formula is C25H21F3N4O4. The van der Waals surface area contributed by atoms with Gasteiger partial charge in [0.2, 0.25) is 17.7 Å². The lowest BCUT2D eigenvalue weighted by atomic mass is 9.91. The number of alkyl halides is 3. The van der Waals surface area contributed by atoms with Crippen molar-refractivity contribution in [3.63, 3.8) is 0 Å². The summed E-state index contributed by atoms with van der Waals surface area (Å²) in [6.07, 6.45) is -3.03. The summed E-state index contributed by atoms with van der Waals surface area (Å²) in [4.78, 5) is 33.3. The van der Waals surface area contributed by atoms with Crippen LogP contribution in [0.5, 0.6) is 5.75 Å². The predicted octanol–water partition coefficient (Wildman–Crippen LogP) is 3.92. The third-order valence-electron chi connectivity index (χ3n) is 5.65. The standard InChI is InChI=1S/C25H21F3N4O4/c1-13-21-19(15(12-33)11-30-13)10-20(23(35)31-18-4-2-3-16(9-18)25(26,27)28)24(36-21)32-17-7-5-14(6-8-17)22(29)34/h2-9,11,20,33H,10,12H2,1H3,(H2,29,34)(H,31,35). The van der Waals surface area contributed by atoms with Gasteiger partial charge in [-0.25, -0.2) is 4.99 Å². The number of aliphatic hydroxyl groups is 1. The molecule has 36 heavy (non-hydrogen) atoms. The molecule has 0 aliphatic carbocycles. The number of fused-ring (bicyclic) bond motifs is 1. The largest absolute Gasteiger partial charge is 0.440 e. The number of aromatic nitrogens is 1. The van der Waals surface area contributed by atoms with Gasteiger partial charge in [0.25, 0.3) is 0 Å². The maximum atomic E-state index is 13.3. The fourth-order valence-electron chi connectivity index (χ4n) is 3.77. The van der Waals surface area contributed by atoms with Gasteiger partial charge in [-0.1, -0.05) is 6.07 Å². The van der Waals surface area contributed by atoms with Gasteiger partial charge in [-0.15, -0.1) is 0 Å². The molecule has 0 radical (unpaired) electrons. The van der Waals surface area contributed by atoms with Gasteiger partial charge in [0.15, 0.2) is 5.75 Å². The van der Waals surface area contributed by atoms with Gasteiger partial charge in [0.05, 0.1) is 23.6 Å². The fraction of sp³-hybridized carbons (Fsp3) is 0.200. The van der Waals surface area contributed by atoms with E-state index >= 15 is 0 Å². The van der Waals surface area contributed by atoms with Crippen molar-refractivity contribution in [1.82, 2.24) is 4.98 Å². The van der Waals surface area contributed by atoms with Gasteiger partial charge < -0.3 is 20.9 Å². The molecule has 4 N–H and O–H groups in total. The highest BCUT2D eigenvalue weighted by molar-refractivity contribution is 6.08. The molecule has 1 aliphatic rings. The Balaban J connectivity index is 1.72. The molecule has 2 heterocycles. The third-order valence-corrected chi connectivity index (χ3v) is 5.65. The number of pyridine rings is 1. The third kappa shape index (κ3) is 5.20. The predicted molar refractivity (Wildman–Crippen MR) is 125 cm³/mol. The Bertz CT molecular complexity index is 1350. The lowest BCUT2D eigenvalue weighted by molar-refractivity contribution is -0.137. The minimum atomic E-state index is -4.57. The number of hydrogen-bond donors (Lipinski definition) is 3. The second-order valence-electron chi connectivity index (χ2n) is 8.12. The van der Waals surface area contributed by atoms with Crippen LogP contribution in [0.25, 0.3) is 0 Å². The number of primary amides is 1. The summed E-state index contributed by atoms with van der Waals surface area (Å²) in [6, 6.07) is 10.2. The van der Waals surface area contributed by atoms with Crippen LogP contribution in [0.4, 0.5) is 24.5 Å². The highest BCUT2D eigenvalue weighted by Crippen LogP contribution is 2.35. The zero-order valence-electron chi connectivity index (χ0n) is 19.0. The van der Waals surface area contributed by atoms with E-state index in [9.17, 15) is 27.9 Å². The smallest absolute Gasteiger partial charge is 0.416 e. The summed E-state index contributed by atoms with van der Waals surface area (Å²) in [6.45, 7) is 1.35. The van der Waals surface area contributed by atoms with Crippen molar-refractivity contribution in [2.45, 2.75) is 26.1 Å². The van der Waals surface area contributed by atoms with Crippen molar-refractivity contribution in [2.24, 2.45) is 16.6 Å². The van der Waals surface area contributed by atoms with Crippen molar-refractivity contribution >= 4 is 29.1 Å². The van der Waals surface area contributed by atoms with Crippen molar-refractivity contribution in [3.05, 3.63) is 82.7 Å². The lowest BCUT2D eigenvalue weighted by Crippen LogP contribution is -2.38. The molecule has 0 fully saturated rings. The average Bonchev–Trinajstić information content (AvgIpc) is 2.84. The topological polar surface area (TPSA) is 127 Å². The SMILES string of the molecule is Cc1ncc(CO)c2c1OC(=Nc1ccc(C(N)=O)cc1)C(C(=O)Nc1cccc(C(F)(F)F)c1)C2. The van der Waals surface area contributed by atoms with E-state index in [1.165, 1.54) is 42.6 Å². The molecule has 8 nitrogen and oxygen atoms in total. The quantitative estimate of drug-likeness (QED) is 0.492.